The number of amides is 2. The second-order valence-electron chi connectivity index (χ2n) is 7.01. The Kier molecular flexibility index (Phi) is 5.87. The van der Waals surface area contributed by atoms with Gasteiger partial charge >= 0.3 is 6.03 Å². The lowest BCUT2D eigenvalue weighted by Gasteiger charge is -2.19. The number of nitrogens with two attached hydrogens (primary N) is 1. The van der Waals surface area contributed by atoms with Gasteiger partial charge in [0, 0.05) is 25.4 Å². The van der Waals surface area contributed by atoms with Gasteiger partial charge in [0.15, 0.2) is 4.91 Å². The Balaban J connectivity index is 1.82. The van der Waals surface area contributed by atoms with E-state index < -0.39 is 16.1 Å². The average molecular weight is 407 g/mol. The monoisotopic (exact) mass is 407 g/mol. The number of aliphatic imine (C=N–C) groups is 1. The molecule has 4 N–H and O–H groups in total. The van der Waals surface area contributed by atoms with Crippen LogP contribution in [-0.2, 0) is 27.6 Å². The third-order valence-corrected chi connectivity index (χ3v) is 5.98. The lowest BCUT2D eigenvalue weighted by molar-refractivity contribution is 0.256. The van der Waals surface area contributed by atoms with Gasteiger partial charge in [-0.3, -0.25) is 9.98 Å². The first-order chi connectivity index (χ1) is 13.3. The normalized spacial score (nSPS) is 17.0. The summed E-state index contributed by atoms with van der Waals surface area (Å²) >= 11 is 0. The zero-order valence-electron chi connectivity index (χ0n) is 16.0. The molecule has 0 bridgehead atoms. The van der Waals surface area contributed by atoms with Crippen LogP contribution in [0, 0.1) is 0 Å². The molecular formula is C18H25N5O4S. The van der Waals surface area contributed by atoms with Gasteiger partial charge in [-0.2, -0.15) is 0 Å². The van der Waals surface area contributed by atoms with Gasteiger partial charge in [-0.1, -0.05) is 13.8 Å². The smallest absolute Gasteiger partial charge is 0.333 e. The van der Waals surface area contributed by atoms with Crippen molar-refractivity contribution in [1.82, 2.24) is 9.71 Å². The molecule has 0 radical (unpaired) electrons. The maximum atomic E-state index is 12.6. The van der Waals surface area contributed by atoms with Crippen molar-refractivity contribution in [2.45, 2.75) is 45.4 Å². The minimum absolute atomic E-state index is 0.0716. The van der Waals surface area contributed by atoms with Gasteiger partial charge in [-0.25, -0.2) is 17.9 Å². The molecule has 0 saturated heterocycles. The van der Waals surface area contributed by atoms with Gasteiger partial charge in [0.1, 0.15) is 0 Å². The number of ether oxygens (including phenoxy) is 1. The summed E-state index contributed by atoms with van der Waals surface area (Å²) in [6.07, 6.45) is 6.10. The van der Waals surface area contributed by atoms with Gasteiger partial charge in [-0.05, 0) is 36.3 Å². The molecule has 9 nitrogen and oxygen atoms in total. The molecule has 0 unspecified atom stereocenters. The molecule has 152 valence electrons. The number of anilines is 1. The number of pyridine rings is 1. The van der Waals surface area contributed by atoms with E-state index in [1.165, 1.54) is 0 Å². The van der Waals surface area contributed by atoms with Gasteiger partial charge in [-0.15, -0.1) is 0 Å². The zero-order valence-corrected chi connectivity index (χ0v) is 16.8. The fourth-order valence-corrected chi connectivity index (χ4v) is 4.28. The van der Waals surface area contributed by atoms with E-state index in [-0.39, 0.29) is 16.7 Å². The van der Waals surface area contributed by atoms with Crippen LogP contribution in [0.3, 0.4) is 0 Å². The Hall–Kier alpha value is -2.62. The highest BCUT2D eigenvalue weighted by atomic mass is 32.2. The number of aryl methyl sites for hydroxylation is 1. The number of urea groups is 1. The van der Waals surface area contributed by atoms with E-state index in [4.69, 9.17) is 10.5 Å². The highest BCUT2D eigenvalue weighted by Crippen LogP contribution is 2.33. The summed E-state index contributed by atoms with van der Waals surface area (Å²) in [5.41, 5.74) is 8.88. The van der Waals surface area contributed by atoms with Crippen LogP contribution in [0.4, 0.5) is 10.5 Å². The third kappa shape index (κ3) is 4.11. The molecule has 0 fully saturated rings. The molecule has 2 heterocycles. The van der Waals surface area contributed by atoms with Crippen LogP contribution in [0.1, 0.15) is 49.4 Å². The van der Waals surface area contributed by atoms with Crippen LogP contribution in [0.15, 0.2) is 22.3 Å². The third-order valence-electron chi connectivity index (χ3n) is 4.64. The summed E-state index contributed by atoms with van der Waals surface area (Å²) in [4.78, 5) is 20.7. The van der Waals surface area contributed by atoms with Crippen molar-refractivity contribution >= 4 is 27.6 Å². The summed E-state index contributed by atoms with van der Waals surface area (Å²) in [7, 11) is -4.24. The predicted octanol–water partition coefficient (Wildman–Crippen LogP) is 1.76. The Morgan fingerprint density at radius 3 is 2.75 bits per heavy atom. The summed E-state index contributed by atoms with van der Waals surface area (Å²) in [6.45, 7) is 4.72. The first-order valence-corrected chi connectivity index (χ1v) is 10.8. The fourth-order valence-electron chi connectivity index (χ4n) is 3.34. The van der Waals surface area contributed by atoms with Crippen LogP contribution in [-0.4, -0.2) is 38.5 Å². The molecule has 3 rings (SSSR count). The van der Waals surface area contributed by atoms with Gasteiger partial charge in [0.25, 0.3) is 10.0 Å². The number of nitrogens with zero attached hydrogens (tertiary/aromatic N) is 2. The molecule has 1 aliphatic heterocycles. The van der Waals surface area contributed by atoms with Crippen molar-refractivity contribution in [2.24, 2.45) is 10.7 Å². The molecule has 0 aromatic carbocycles. The van der Waals surface area contributed by atoms with Crippen LogP contribution in [0.2, 0.25) is 0 Å². The number of nitrogens with one attached hydrogen (secondary N) is 2. The van der Waals surface area contributed by atoms with E-state index in [1.807, 2.05) is 24.8 Å². The predicted molar refractivity (Wildman–Crippen MR) is 107 cm³/mol. The van der Waals surface area contributed by atoms with E-state index in [0.29, 0.717) is 25.3 Å². The molecule has 1 aliphatic carbocycles. The molecule has 2 amide bonds. The number of fused-ring (bicyclic) bond motifs is 1. The van der Waals surface area contributed by atoms with Crippen molar-refractivity contribution in [1.29, 1.82) is 0 Å². The molecule has 1 aromatic heterocycles. The Morgan fingerprint density at radius 1 is 1.32 bits per heavy atom. The van der Waals surface area contributed by atoms with Crippen molar-refractivity contribution in [3.63, 3.8) is 0 Å². The minimum atomic E-state index is -4.24. The summed E-state index contributed by atoms with van der Waals surface area (Å²) in [6, 6.07) is -0.875. The van der Waals surface area contributed by atoms with E-state index >= 15 is 0 Å². The molecule has 0 atom stereocenters. The lowest BCUT2D eigenvalue weighted by Crippen LogP contribution is -2.38. The zero-order chi connectivity index (χ0) is 20.3. The van der Waals surface area contributed by atoms with E-state index in [2.05, 4.69) is 15.3 Å². The molecular weight excluding hydrogens is 382 g/mol. The quantitative estimate of drug-likeness (QED) is 0.680. The van der Waals surface area contributed by atoms with Gasteiger partial charge in [0.2, 0.25) is 5.90 Å². The van der Waals surface area contributed by atoms with Crippen molar-refractivity contribution < 1.29 is 17.9 Å². The molecule has 2 aliphatic rings. The first kappa shape index (κ1) is 20.1. The van der Waals surface area contributed by atoms with Gasteiger partial charge < -0.3 is 15.8 Å². The van der Waals surface area contributed by atoms with Gasteiger partial charge in [0.05, 0.1) is 18.0 Å². The number of sulfonamides is 1. The van der Waals surface area contributed by atoms with Crippen LogP contribution in [0.25, 0.3) is 0 Å². The SMILES string of the molecule is CC(C)c1ncc2c(c1NC(=O)NS(=O)(=O)C(=CN)C1=NCCCO1)CCC2. The molecule has 28 heavy (non-hydrogen) atoms. The number of carbonyl (C=O) groups is 1. The van der Waals surface area contributed by atoms with Crippen LogP contribution < -0.4 is 15.8 Å². The number of rotatable bonds is 5. The molecule has 0 spiro atoms. The van der Waals surface area contributed by atoms with E-state index in [9.17, 15) is 13.2 Å². The topological polar surface area (TPSA) is 136 Å². The molecule has 10 heteroatoms. The number of hydrogen-bond donors (Lipinski definition) is 3. The maximum absolute atomic E-state index is 12.6. The highest BCUT2D eigenvalue weighted by molar-refractivity contribution is 7.94. The first-order valence-electron chi connectivity index (χ1n) is 9.27. The van der Waals surface area contributed by atoms with Crippen LogP contribution >= 0.6 is 0 Å². The summed E-state index contributed by atoms with van der Waals surface area (Å²) in [5, 5.41) is 2.69. The van der Waals surface area contributed by atoms with E-state index in [0.717, 1.165) is 42.3 Å². The standard InChI is InChI=1S/C18H25N5O4S/c1-11(2)15-16(13-6-3-5-12(13)10-21-15)22-18(24)23-28(25,26)14(9-19)17-20-7-4-8-27-17/h9-11H,3-8,19H2,1-2H3,(H2,22,23,24). The maximum Gasteiger partial charge on any atom is 0.333 e. The second kappa shape index (κ2) is 8.17. The molecule has 0 saturated carbocycles. The van der Waals surface area contributed by atoms with Crippen LogP contribution in [0.5, 0.6) is 0 Å². The number of hydrogen-bond acceptors (Lipinski definition) is 7. The summed E-state index contributed by atoms with van der Waals surface area (Å²) in [5.74, 6) is -0.0125. The molecule has 1 aromatic rings. The van der Waals surface area contributed by atoms with Crippen molar-refractivity contribution in [2.75, 3.05) is 18.5 Å². The number of carbonyl (C=O) groups excluding carboxylic acids is 1. The van der Waals surface area contributed by atoms with Crippen molar-refractivity contribution in [3.8, 4) is 0 Å². The Morgan fingerprint density at radius 2 is 2.11 bits per heavy atom. The lowest BCUT2D eigenvalue weighted by atomic mass is 10.0. The Bertz CT molecular complexity index is 938. The fraction of sp³-hybridized carbons (Fsp3) is 0.500. The number of aromatic nitrogens is 1. The largest absolute Gasteiger partial charge is 0.477 e. The second-order valence-corrected chi connectivity index (χ2v) is 8.66. The van der Waals surface area contributed by atoms with E-state index in [1.54, 1.807) is 0 Å². The average Bonchev–Trinajstić information content (AvgIpc) is 3.11. The highest BCUT2D eigenvalue weighted by Gasteiger charge is 2.29. The minimum Gasteiger partial charge on any atom is -0.477 e. The summed E-state index contributed by atoms with van der Waals surface area (Å²) < 4.78 is 32.5. The Labute approximate surface area is 164 Å². The van der Waals surface area contributed by atoms with Crippen molar-refractivity contribution in [3.05, 3.63) is 34.1 Å².